The number of benzene rings is 1. The second-order valence-corrected chi connectivity index (χ2v) is 7.14. The molecule has 0 aliphatic carbocycles. The summed E-state index contributed by atoms with van der Waals surface area (Å²) in [6.45, 7) is 1.25. The standard InChI is InChI=1S/C13H19NO3S/c15-10-12-5-3-11(4-6-12)8-14-9-13-2-1-7-18(13,16)17/h3-6,13-15H,1-2,7-10H2. The molecule has 100 valence electrons. The van der Waals surface area contributed by atoms with Crippen LogP contribution >= 0.6 is 0 Å². The number of nitrogens with one attached hydrogen (secondary N) is 1. The summed E-state index contributed by atoms with van der Waals surface area (Å²) >= 11 is 0. The van der Waals surface area contributed by atoms with Crippen molar-refractivity contribution >= 4 is 9.84 Å². The average Bonchev–Trinajstić information content (AvgIpc) is 2.70. The highest BCUT2D eigenvalue weighted by Crippen LogP contribution is 2.19. The first-order valence-corrected chi connectivity index (χ1v) is 7.94. The van der Waals surface area contributed by atoms with E-state index >= 15 is 0 Å². The van der Waals surface area contributed by atoms with E-state index in [1.54, 1.807) is 0 Å². The zero-order chi connectivity index (χ0) is 13.0. The third-order valence-electron chi connectivity index (χ3n) is 3.37. The number of rotatable bonds is 5. The molecule has 1 atom stereocenters. The summed E-state index contributed by atoms with van der Waals surface area (Å²) in [6, 6.07) is 7.65. The second kappa shape index (κ2) is 5.82. The van der Waals surface area contributed by atoms with Gasteiger partial charge in [0.05, 0.1) is 17.6 Å². The van der Waals surface area contributed by atoms with Gasteiger partial charge in [0.1, 0.15) is 0 Å². The van der Waals surface area contributed by atoms with Gasteiger partial charge in [0.2, 0.25) is 0 Å². The molecule has 1 fully saturated rings. The second-order valence-electron chi connectivity index (χ2n) is 4.74. The molecule has 0 amide bonds. The summed E-state index contributed by atoms with van der Waals surface area (Å²) < 4.78 is 23.2. The van der Waals surface area contributed by atoms with Gasteiger partial charge >= 0.3 is 0 Å². The van der Waals surface area contributed by atoms with Gasteiger partial charge in [-0.1, -0.05) is 24.3 Å². The van der Waals surface area contributed by atoms with Crippen LogP contribution in [0.5, 0.6) is 0 Å². The number of hydrogen-bond donors (Lipinski definition) is 2. The van der Waals surface area contributed by atoms with E-state index < -0.39 is 9.84 Å². The van der Waals surface area contributed by atoms with Crippen molar-refractivity contribution in [2.75, 3.05) is 12.3 Å². The van der Waals surface area contributed by atoms with Crippen molar-refractivity contribution in [1.29, 1.82) is 0 Å². The molecule has 1 saturated heterocycles. The molecule has 0 spiro atoms. The van der Waals surface area contributed by atoms with Gasteiger partial charge in [0, 0.05) is 13.1 Å². The van der Waals surface area contributed by atoms with Crippen molar-refractivity contribution in [1.82, 2.24) is 5.32 Å². The normalized spacial score (nSPS) is 22.2. The van der Waals surface area contributed by atoms with Gasteiger partial charge in [0.15, 0.2) is 9.84 Å². The van der Waals surface area contributed by atoms with Crippen molar-refractivity contribution in [3.05, 3.63) is 35.4 Å². The van der Waals surface area contributed by atoms with Crippen LogP contribution in [0.2, 0.25) is 0 Å². The molecular formula is C13H19NO3S. The van der Waals surface area contributed by atoms with Crippen LogP contribution in [0.4, 0.5) is 0 Å². The Bertz CT molecular complexity index is 481. The van der Waals surface area contributed by atoms with Gasteiger partial charge in [-0.3, -0.25) is 0 Å². The molecule has 1 heterocycles. The third kappa shape index (κ3) is 3.31. The molecule has 1 aromatic carbocycles. The monoisotopic (exact) mass is 269 g/mol. The summed E-state index contributed by atoms with van der Waals surface area (Å²) in [6.07, 6.45) is 1.57. The molecule has 1 aliphatic rings. The Kier molecular flexibility index (Phi) is 4.37. The third-order valence-corrected chi connectivity index (χ3v) is 5.65. The van der Waals surface area contributed by atoms with Gasteiger partial charge < -0.3 is 10.4 Å². The lowest BCUT2D eigenvalue weighted by Gasteiger charge is -2.10. The molecule has 1 aromatic rings. The molecule has 1 unspecified atom stereocenters. The van der Waals surface area contributed by atoms with Crippen molar-refractivity contribution in [2.45, 2.75) is 31.2 Å². The van der Waals surface area contributed by atoms with Gasteiger partial charge in [0.25, 0.3) is 0 Å². The fourth-order valence-corrected chi connectivity index (χ4v) is 4.03. The molecule has 4 nitrogen and oxygen atoms in total. The largest absolute Gasteiger partial charge is 0.392 e. The summed E-state index contributed by atoms with van der Waals surface area (Å²) in [5.41, 5.74) is 1.99. The molecule has 0 radical (unpaired) electrons. The summed E-state index contributed by atoms with van der Waals surface area (Å²) in [5.74, 6) is 0.338. The fourth-order valence-electron chi connectivity index (χ4n) is 2.23. The van der Waals surface area contributed by atoms with E-state index in [0.29, 0.717) is 18.8 Å². The van der Waals surface area contributed by atoms with E-state index in [1.807, 2.05) is 24.3 Å². The lowest BCUT2D eigenvalue weighted by atomic mass is 10.1. The van der Waals surface area contributed by atoms with E-state index in [-0.39, 0.29) is 11.9 Å². The maximum absolute atomic E-state index is 11.6. The Morgan fingerprint density at radius 2 is 1.89 bits per heavy atom. The Morgan fingerprint density at radius 3 is 2.44 bits per heavy atom. The Balaban J connectivity index is 1.81. The van der Waals surface area contributed by atoms with Crippen LogP contribution in [0.25, 0.3) is 0 Å². The van der Waals surface area contributed by atoms with Crippen LogP contribution in [0.3, 0.4) is 0 Å². The maximum Gasteiger partial charge on any atom is 0.154 e. The van der Waals surface area contributed by atoms with Gasteiger partial charge in [-0.15, -0.1) is 0 Å². The van der Waals surface area contributed by atoms with E-state index in [4.69, 9.17) is 5.11 Å². The van der Waals surface area contributed by atoms with E-state index in [1.165, 1.54) is 0 Å². The van der Waals surface area contributed by atoms with Crippen LogP contribution in [0.15, 0.2) is 24.3 Å². The van der Waals surface area contributed by atoms with Crippen LogP contribution < -0.4 is 5.32 Å². The minimum atomic E-state index is -2.85. The topological polar surface area (TPSA) is 66.4 Å². The van der Waals surface area contributed by atoms with Crippen LogP contribution in [-0.2, 0) is 23.0 Å². The maximum atomic E-state index is 11.6. The molecule has 0 saturated carbocycles. The van der Waals surface area contributed by atoms with Crippen molar-refractivity contribution in [3.8, 4) is 0 Å². The van der Waals surface area contributed by atoms with E-state index in [0.717, 1.165) is 24.0 Å². The number of aliphatic hydroxyl groups is 1. The summed E-state index contributed by atoms with van der Waals surface area (Å²) in [5, 5.41) is 11.9. The molecule has 5 heteroatoms. The predicted molar refractivity (Wildman–Crippen MR) is 70.9 cm³/mol. The number of aliphatic hydroxyl groups excluding tert-OH is 1. The SMILES string of the molecule is O=S1(=O)CCCC1CNCc1ccc(CO)cc1. The highest BCUT2D eigenvalue weighted by molar-refractivity contribution is 7.92. The first-order chi connectivity index (χ1) is 8.62. The van der Waals surface area contributed by atoms with Crippen LogP contribution in [0, 0.1) is 0 Å². The van der Waals surface area contributed by atoms with Crippen LogP contribution in [-0.4, -0.2) is 31.1 Å². The predicted octanol–water partition coefficient (Wildman–Crippen LogP) is 0.846. The lowest BCUT2D eigenvalue weighted by molar-refractivity contribution is 0.282. The first kappa shape index (κ1) is 13.5. The summed E-state index contributed by atoms with van der Waals surface area (Å²) in [4.78, 5) is 0. The van der Waals surface area contributed by atoms with E-state index in [2.05, 4.69) is 5.32 Å². The molecule has 0 bridgehead atoms. The Morgan fingerprint density at radius 1 is 1.22 bits per heavy atom. The van der Waals surface area contributed by atoms with E-state index in [9.17, 15) is 8.42 Å². The molecule has 0 aromatic heterocycles. The highest BCUT2D eigenvalue weighted by Gasteiger charge is 2.30. The van der Waals surface area contributed by atoms with Gasteiger partial charge in [-0.2, -0.15) is 0 Å². The lowest BCUT2D eigenvalue weighted by Crippen LogP contribution is -2.30. The van der Waals surface area contributed by atoms with Crippen molar-refractivity contribution < 1.29 is 13.5 Å². The van der Waals surface area contributed by atoms with Gasteiger partial charge in [-0.25, -0.2) is 8.42 Å². The first-order valence-electron chi connectivity index (χ1n) is 6.23. The smallest absolute Gasteiger partial charge is 0.154 e. The Hall–Kier alpha value is -0.910. The molecule has 18 heavy (non-hydrogen) atoms. The summed E-state index contributed by atoms with van der Waals surface area (Å²) in [7, 11) is -2.85. The molecule has 2 N–H and O–H groups in total. The minimum Gasteiger partial charge on any atom is -0.392 e. The molecular weight excluding hydrogens is 250 g/mol. The Labute approximate surface area is 108 Å². The van der Waals surface area contributed by atoms with Crippen LogP contribution in [0.1, 0.15) is 24.0 Å². The minimum absolute atomic E-state index is 0.0496. The molecule has 1 aliphatic heterocycles. The number of hydrogen-bond acceptors (Lipinski definition) is 4. The fraction of sp³-hybridized carbons (Fsp3) is 0.538. The number of sulfone groups is 1. The average molecular weight is 269 g/mol. The zero-order valence-electron chi connectivity index (χ0n) is 10.3. The van der Waals surface area contributed by atoms with Crippen molar-refractivity contribution in [2.24, 2.45) is 0 Å². The van der Waals surface area contributed by atoms with Gasteiger partial charge in [-0.05, 0) is 24.0 Å². The highest BCUT2D eigenvalue weighted by atomic mass is 32.2. The van der Waals surface area contributed by atoms with Crippen molar-refractivity contribution in [3.63, 3.8) is 0 Å². The quantitative estimate of drug-likeness (QED) is 0.831. The zero-order valence-corrected chi connectivity index (χ0v) is 11.1. The molecule has 2 rings (SSSR count).